The molecule has 1 fully saturated rings. The first-order valence-electron chi connectivity index (χ1n) is 6.95. The highest BCUT2D eigenvalue weighted by molar-refractivity contribution is 5.94. The zero-order valence-electron chi connectivity index (χ0n) is 11.5. The van der Waals surface area contributed by atoms with E-state index in [2.05, 4.69) is 0 Å². The van der Waals surface area contributed by atoms with Gasteiger partial charge in [0, 0.05) is 18.7 Å². The maximum atomic E-state index is 12.5. The molecule has 0 unspecified atom stereocenters. The van der Waals surface area contributed by atoms with Crippen LogP contribution in [0.4, 0.5) is 0 Å². The van der Waals surface area contributed by atoms with Crippen LogP contribution in [0.2, 0.25) is 0 Å². The fourth-order valence-electron chi connectivity index (χ4n) is 3.48. The number of likely N-dealkylation sites (tertiary alicyclic amines) is 1. The number of nitrogens with zero attached hydrogens (tertiary/aromatic N) is 1. The van der Waals surface area contributed by atoms with E-state index in [0.717, 1.165) is 37.1 Å². The normalized spacial score (nSPS) is 24.3. The van der Waals surface area contributed by atoms with E-state index in [1.54, 1.807) is 17.6 Å². The van der Waals surface area contributed by atoms with Crippen molar-refractivity contribution in [3.63, 3.8) is 0 Å². The summed E-state index contributed by atoms with van der Waals surface area (Å²) in [6.07, 6.45) is 2.35. The molecule has 20 heavy (non-hydrogen) atoms. The van der Waals surface area contributed by atoms with E-state index in [1.165, 1.54) is 0 Å². The Morgan fingerprint density at radius 1 is 1.40 bits per heavy atom. The molecule has 1 aliphatic heterocycles. The molecule has 1 heterocycles. The molecule has 1 aromatic rings. The average Bonchev–Trinajstić information content (AvgIpc) is 2.98. The summed E-state index contributed by atoms with van der Waals surface area (Å²) in [5.74, 6) is -0.272. The number of carbonyl (C=O) groups is 2. The fourth-order valence-corrected chi connectivity index (χ4v) is 3.48. The molecule has 0 radical (unpaired) electrons. The van der Waals surface area contributed by atoms with E-state index in [4.69, 9.17) is 5.21 Å². The monoisotopic (exact) mass is 274 g/mol. The summed E-state index contributed by atoms with van der Waals surface area (Å²) in [5.41, 5.74) is 3.97. The smallest absolute Gasteiger partial charge is 0.274 e. The van der Waals surface area contributed by atoms with E-state index in [-0.39, 0.29) is 11.3 Å². The van der Waals surface area contributed by atoms with Crippen LogP contribution in [0.3, 0.4) is 0 Å². The van der Waals surface area contributed by atoms with Crippen LogP contribution in [0.1, 0.15) is 34.8 Å². The Kier molecular flexibility index (Phi) is 3.01. The van der Waals surface area contributed by atoms with Crippen molar-refractivity contribution in [2.24, 2.45) is 5.41 Å². The molecular formula is C15H18N2O3. The van der Waals surface area contributed by atoms with Crippen molar-refractivity contribution < 1.29 is 14.8 Å². The zero-order valence-corrected chi connectivity index (χ0v) is 11.5. The lowest BCUT2D eigenvalue weighted by Gasteiger charge is -2.21. The maximum Gasteiger partial charge on any atom is 0.274 e. The van der Waals surface area contributed by atoms with Crippen molar-refractivity contribution in [3.8, 4) is 0 Å². The molecule has 1 atom stereocenters. The van der Waals surface area contributed by atoms with Crippen molar-refractivity contribution >= 4 is 11.8 Å². The minimum absolute atomic E-state index is 0.240. The van der Waals surface area contributed by atoms with Gasteiger partial charge in [0.2, 0.25) is 5.91 Å². The van der Waals surface area contributed by atoms with Gasteiger partial charge in [-0.05, 0) is 49.4 Å². The van der Waals surface area contributed by atoms with Crippen LogP contribution in [0.15, 0.2) is 18.2 Å². The van der Waals surface area contributed by atoms with Crippen LogP contribution in [0, 0.1) is 5.41 Å². The molecule has 2 amide bonds. The Hall–Kier alpha value is -1.88. The Bertz CT molecular complexity index is 584. The van der Waals surface area contributed by atoms with Gasteiger partial charge in [-0.1, -0.05) is 6.07 Å². The van der Waals surface area contributed by atoms with Crippen molar-refractivity contribution in [1.29, 1.82) is 0 Å². The lowest BCUT2D eigenvalue weighted by Crippen LogP contribution is -2.35. The Labute approximate surface area is 117 Å². The molecule has 1 saturated heterocycles. The second kappa shape index (κ2) is 4.59. The van der Waals surface area contributed by atoms with E-state index in [9.17, 15) is 9.59 Å². The van der Waals surface area contributed by atoms with Crippen molar-refractivity contribution in [3.05, 3.63) is 34.9 Å². The molecule has 106 valence electrons. The highest BCUT2D eigenvalue weighted by Crippen LogP contribution is 2.44. The fraction of sp³-hybridized carbons (Fsp3) is 0.467. The lowest BCUT2D eigenvalue weighted by atomic mass is 9.83. The number of fused-ring (bicyclic) bond motifs is 1. The van der Waals surface area contributed by atoms with E-state index in [0.29, 0.717) is 12.0 Å². The van der Waals surface area contributed by atoms with Crippen molar-refractivity contribution in [2.75, 3.05) is 13.1 Å². The first-order valence-corrected chi connectivity index (χ1v) is 6.95. The minimum atomic E-state index is -0.512. The third kappa shape index (κ3) is 1.81. The molecule has 5 nitrogen and oxygen atoms in total. The quantitative estimate of drug-likeness (QED) is 0.627. The van der Waals surface area contributed by atoms with Gasteiger partial charge in [-0.15, -0.1) is 0 Å². The molecule has 2 N–H and O–H groups in total. The van der Waals surface area contributed by atoms with Gasteiger partial charge in [-0.2, -0.15) is 0 Å². The standard InChI is InChI=1S/C15H18N2O3/c1-2-17-6-5-15(14(17)19)8-11-4-3-10(13(18)16-20)7-12(11)9-15/h3-4,7,20H,2,5-6,8-9H2,1H3,(H,16,18)/t15-/m1/s1. The van der Waals surface area contributed by atoms with Crippen molar-refractivity contribution in [1.82, 2.24) is 10.4 Å². The minimum Gasteiger partial charge on any atom is -0.342 e. The van der Waals surface area contributed by atoms with Gasteiger partial charge in [0.1, 0.15) is 0 Å². The average molecular weight is 274 g/mol. The SMILES string of the molecule is CCN1CC[C@]2(Cc3ccc(C(=O)NO)cc3C2)C1=O. The maximum absolute atomic E-state index is 12.5. The number of hydrogen-bond donors (Lipinski definition) is 2. The van der Waals surface area contributed by atoms with E-state index >= 15 is 0 Å². The first-order chi connectivity index (χ1) is 9.59. The van der Waals surface area contributed by atoms with Crippen LogP contribution in [0.5, 0.6) is 0 Å². The van der Waals surface area contributed by atoms with Crippen LogP contribution in [-0.4, -0.2) is 35.0 Å². The van der Waals surface area contributed by atoms with Crippen LogP contribution in [0.25, 0.3) is 0 Å². The predicted octanol–water partition coefficient (Wildman–Crippen LogP) is 1.14. The molecule has 0 bridgehead atoms. The second-order valence-corrected chi connectivity index (χ2v) is 5.69. The van der Waals surface area contributed by atoms with Crippen LogP contribution >= 0.6 is 0 Å². The molecule has 1 aromatic carbocycles. The molecular weight excluding hydrogens is 256 g/mol. The highest BCUT2D eigenvalue weighted by Gasteiger charge is 2.49. The summed E-state index contributed by atoms with van der Waals surface area (Å²) in [5, 5.41) is 8.69. The van der Waals surface area contributed by atoms with Gasteiger partial charge in [0.05, 0.1) is 5.41 Å². The topological polar surface area (TPSA) is 69.6 Å². The number of hydroxylamine groups is 1. The van der Waals surface area contributed by atoms with Gasteiger partial charge in [-0.25, -0.2) is 5.48 Å². The number of nitrogens with one attached hydrogen (secondary N) is 1. The first kappa shape index (κ1) is 13.1. The molecule has 0 aromatic heterocycles. The molecule has 1 spiro atoms. The van der Waals surface area contributed by atoms with Gasteiger partial charge >= 0.3 is 0 Å². The predicted molar refractivity (Wildman–Crippen MR) is 72.4 cm³/mol. The number of rotatable bonds is 2. The number of amides is 2. The van der Waals surface area contributed by atoms with E-state index < -0.39 is 5.91 Å². The summed E-state index contributed by atoms with van der Waals surface area (Å²) < 4.78 is 0. The Morgan fingerprint density at radius 2 is 2.15 bits per heavy atom. The summed E-state index contributed by atoms with van der Waals surface area (Å²) in [6, 6.07) is 5.38. The summed E-state index contributed by atoms with van der Waals surface area (Å²) >= 11 is 0. The highest BCUT2D eigenvalue weighted by atomic mass is 16.5. The summed E-state index contributed by atoms with van der Waals surface area (Å²) in [6.45, 7) is 3.59. The molecule has 5 heteroatoms. The Morgan fingerprint density at radius 3 is 2.80 bits per heavy atom. The third-order valence-corrected chi connectivity index (χ3v) is 4.61. The van der Waals surface area contributed by atoms with Gasteiger partial charge < -0.3 is 4.90 Å². The number of carbonyl (C=O) groups excluding carboxylic acids is 2. The largest absolute Gasteiger partial charge is 0.342 e. The van der Waals surface area contributed by atoms with Gasteiger partial charge in [0.25, 0.3) is 5.91 Å². The molecule has 2 aliphatic rings. The van der Waals surface area contributed by atoms with E-state index in [1.807, 2.05) is 17.9 Å². The van der Waals surface area contributed by atoms with Gasteiger partial charge in [-0.3, -0.25) is 14.8 Å². The van der Waals surface area contributed by atoms with Crippen LogP contribution in [-0.2, 0) is 17.6 Å². The zero-order chi connectivity index (χ0) is 14.3. The number of benzene rings is 1. The summed E-state index contributed by atoms with van der Waals surface area (Å²) in [7, 11) is 0. The third-order valence-electron chi connectivity index (χ3n) is 4.61. The molecule has 0 saturated carbocycles. The Balaban J connectivity index is 1.89. The second-order valence-electron chi connectivity index (χ2n) is 5.69. The lowest BCUT2D eigenvalue weighted by molar-refractivity contribution is -0.135. The number of hydrogen-bond acceptors (Lipinski definition) is 3. The summed E-state index contributed by atoms with van der Waals surface area (Å²) in [4.78, 5) is 25.9. The molecule has 3 rings (SSSR count). The van der Waals surface area contributed by atoms with Crippen LogP contribution < -0.4 is 5.48 Å². The van der Waals surface area contributed by atoms with Gasteiger partial charge in [0.15, 0.2) is 0 Å². The van der Waals surface area contributed by atoms with Crippen molar-refractivity contribution in [2.45, 2.75) is 26.2 Å². The molecule has 1 aliphatic carbocycles.